The number of carbonyl (C=O) groups is 1. The summed E-state index contributed by atoms with van der Waals surface area (Å²) in [5, 5.41) is 13.6. The largest absolute Gasteiger partial charge is 0.512 e. The number of rotatable bonds is 5. The van der Waals surface area contributed by atoms with Crippen LogP contribution in [0.4, 0.5) is 17.3 Å². The van der Waals surface area contributed by atoms with E-state index in [0.717, 1.165) is 47.7 Å². The molecule has 1 aliphatic carbocycles. The fourth-order valence-corrected chi connectivity index (χ4v) is 4.24. The van der Waals surface area contributed by atoms with Crippen LogP contribution in [0.1, 0.15) is 31.5 Å². The Morgan fingerprint density at radius 2 is 1.87 bits per heavy atom. The van der Waals surface area contributed by atoms with Gasteiger partial charge in [-0.15, -0.1) is 0 Å². The molecule has 31 heavy (non-hydrogen) atoms. The van der Waals surface area contributed by atoms with Crippen LogP contribution in [0, 0.1) is 5.92 Å². The Balaban J connectivity index is 1.44. The molecule has 0 radical (unpaired) electrons. The van der Waals surface area contributed by atoms with Crippen LogP contribution in [0.3, 0.4) is 0 Å². The quantitative estimate of drug-likeness (QED) is 0.680. The number of aliphatic hydroxyl groups excluding tert-OH is 1. The Bertz CT molecular complexity index is 978. The molecular formula is C23H30N6O2. The number of piperazine rings is 1. The molecule has 1 saturated heterocycles. The van der Waals surface area contributed by atoms with Gasteiger partial charge >= 0.3 is 0 Å². The summed E-state index contributed by atoms with van der Waals surface area (Å²) >= 11 is 0. The van der Waals surface area contributed by atoms with Crippen LogP contribution in [0.25, 0.3) is 5.57 Å². The fraction of sp³-hybridized carbons (Fsp3) is 0.435. The van der Waals surface area contributed by atoms with Gasteiger partial charge in [-0.3, -0.25) is 4.79 Å². The number of nitrogens with two attached hydrogens (primary N) is 1. The first-order valence-electron chi connectivity index (χ1n) is 10.8. The summed E-state index contributed by atoms with van der Waals surface area (Å²) in [6.45, 7) is 7.18. The van der Waals surface area contributed by atoms with Crippen molar-refractivity contribution in [1.29, 1.82) is 0 Å². The Kier molecular flexibility index (Phi) is 6.08. The molecule has 0 saturated carbocycles. The molecule has 8 nitrogen and oxygen atoms in total. The van der Waals surface area contributed by atoms with Crippen molar-refractivity contribution in [2.24, 2.45) is 11.7 Å². The summed E-state index contributed by atoms with van der Waals surface area (Å²) in [6, 6.07) is 8.14. The van der Waals surface area contributed by atoms with Gasteiger partial charge in [0.05, 0.1) is 18.0 Å². The summed E-state index contributed by atoms with van der Waals surface area (Å²) in [5.74, 6) is 1.16. The molecule has 164 valence electrons. The van der Waals surface area contributed by atoms with Crippen LogP contribution >= 0.6 is 0 Å². The summed E-state index contributed by atoms with van der Waals surface area (Å²) < 4.78 is 0. The van der Waals surface area contributed by atoms with E-state index in [-0.39, 0.29) is 18.4 Å². The maximum absolute atomic E-state index is 11.7. The number of anilines is 3. The number of aliphatic hydroxyl groups is 1. The molecule has 4 N–H and O–H groups in total. The standard InChI is InChI=1S/C23H30N6O2/c1-15(2)21-19(30)8-3-16-14-25-23(27-22(16)21)26-17-4-6-18(7-5-17)28-9-11-29(12-10-28)20(31)13-24/h4-7,14-15,30H,3,8-13,24H2,1-2H3,(H,25,26,27). The van der Waals surface area contributed by atoms with Gasteiger partial charge in [-0.1, -0.05) is 13.8 Å². The average molecular weight is 423 g/mol. The second-order valence-corrected chi connectivity index (χ2v) is 8.33. The van der Waals surface area contributed by atoms with Gasteiger partial charge in [0, 0.05) is 55.7 Å². The van der Waals surface area contributed by atoms with E-state index in [4.69, 9.17) is 10.7 Å². The molecule has 0 atom stereocenters. The van der Waals surface area contributed by atoms with E-state index in [1.54, 1.807) is 0 Å². The number of aryl methyl sites for hydroxylation is 1. The minimum absolute atomic E-state index is 0.00744. The van der Waals surface area contributed by atoms with E-state index in [9.17, 15) is 9.90 Å². The zero-order chi connectivity index (χ0) is 22.0. The molecule has 8 heteroatoms. The number of fused-ring (bicyclic) bond motifs is 1. The number of amides is 1. The van der Waals surface area contributed by atoms with Crippen LogP contribution in [-0.4, -0.2) is 58.6 Å². The van der Waals surface area contributed by atoms with Gasteiger partial charge in [0.1, 0.15) is 0 Å². The van der Waals surface area contributed by atoms with Crippen molar-refractivity contribution in [2.75, 3.05) is 42.9 Å². The highest BCUT2D eigenvalue weighted by Gasteiger charge is 2.24. The molecule has 1 aliphatic heterocycles. The first-order chi connectivity index (χ1) is 15.0. The highest BCUT2D eigenvalue weighted by atomic mass is 16.3. The highest BCUT2D eigenvalue weighted by Crippen LogP contribution is 2.34. The van der Waals surface area contributed by atoms with Gasteiger partial charge in [-0.05, 0) is 42.2 Å². The highest BCUT2D eigenvalue weighted by molar-refractivity contribution is 5.78. The van der Waals surface area contributed by atoms with E-state index in [2.05, 4.69) is 41.2 Å². The lowest BCUT2D eigenvalue weighted by molar-refractivity contribution is -0.129. The minimum atomic E-state index is 0.00744. The molecule has 2 aliphatic rings. The molecule has 2 heterocycles. The number of allylic oxidation sites excluding steroid dienone is 2. The van der Waals surface area contributed by atoms with Crippen molar-refractivity contribution >= 4 is 28.8 Å². The maximum atomic E-state index is 11.7. The van der Waals surface area contributed by atoms with E-state index in [1.807, 2.05) is 23.2 Å². The second kappa shape index (κ2) is 8.93. The molecule has 1 fully saturated rings. The van der Waals surface area contributed by atoms with Crippen LogP contribution < -0.4 is 16.0 Å². The van der Waals surface area contributed by atoms with E-state index < -0.39 is 0 Å². The van der Waals surface area contributed by atoms with Crippen molar-refractivity contribution in [3.63, 3.8) is 0 Å². The lowest BCUT2D eigenvalue weighted by atomic mass is 9.88. The topological polar surface area (TPSA) is 108 Å². The number of carbonyl (C=O) groups excluding carboxylic acids is 1. The predicted molar refractivity (Wildman–Crippen MR) is 122 cm³/mol. The molecule has 2 aromatic rings. The number of nitrogens with zero attached hydrogens (tertiary/aromatic N) is 4. The molecule has 0 unspecified atom stereocenters. The van der Waals surface area contributed by atoms with E-state index in [1.165, 1.54) is 0 Å². The van der Waals surface area contributed by atoms with E-state index in [0.29, 0.717) is 31.2 Å². The fourth-order valence-electron chi connectivity index (χ4n) is 4.24. The normalized spacial score (nSPS) is 16.5. The number of benzene rings is 1. The Hall–Kier alpha value is -3.13. The van der Waals surface area contributed by atoms with E-state index >= 15 is 0 Å². The minimum Gasteiger partial charge on any atom is -0.512 e. The summed E-state index contributed by atoms with van der Waals surface area (Å²) in [4.78, 5) is 25.0. The third-order valence-corrected chi connectivity index (χ3v) is 5.93. The molecule has 1 aromatic carbocycles. The maximum Gasteiger partial charge on any atom is 0.236 e. The molecular weight excluding hydrogens is 392 g/mol. The second-order valence-electron chi connectivity index (χ2n) is 8.33. The number of nitrogens with one attached hydrogen (secondary N) is 1. The predicted octanol–water partition coefficient (Wildman–Crippen LogP) is 2.70. The van der Waals surface area contributed by atoms with Crippen LogP contribution in [-0.2, 0) is 11.2 Å². The number of aromatic nitrogens is 2. The van der Waals surface area contributed by atoms with Crippen LogP contribution in [0.5, 0.6) is 0 Å². The smallest absolute Gasteiger partial charge is 0.236 e. The average Bonchev–Trinajstić information content (AvgIpc) is 2.78. The molecule has 0 spiro atoms. The zero-order valence-electron chi connectivity index (χ0n) is 18.1. The monoisotopic (exact) mass is 422 g/mol. The molecule has 4 rings (SSSR count). The number of hydrogen-bond donors (Lipinski definition) is 3. The summed E-state index contributed by atoms with van der Waals surface area (Å²) in [6.07, 6.45) is 3.26. The lowest BCUT2D eigenvalue weighted by Crippen LogP contribution is -2.50. The van der Waals surface area contributed by atoms with Crippen molar-refractivity contribution in [1.82, 2.24) is 14.9 Å². The Labute approximate surface area is 182 Å². The zero-order valence-corrected chi connectivity index (χ0v) is 18.1. The van der Waals surface area contributed by atoms with Gasteiger partial charge in [0.15, 0.2) is 0 Å². The number of hydrogen-bond acceptors (Lipinski definition) is 7. The summed E-state index contributed by atoms with van der Waals surface area (Å²) in [5.41, 5.74) is 10.3. The Morgan fingerprint density at radius 3 is 2.52 bits per heavy atom. The Morgan fingerprint density at radius 1 is 1.16 bits per heavy atom. The third-order valence-electron chi connectivity index (χ3n) is 5.93. The van der Waals surface area contributed by atoms with Crippen LogP contribution in [0.15, 0.2) is 36.2 Å². The molecule has 1 amide bonds. The van der Waals surface area contributed by atoms with Gasteiger partial charge in [-0.2, -0.15) is 0 Å². The first-order valence-corrected chi connectivity index (χ1v) is 10.8. The molecule has 0 bridgehead atoms. The van der Waals surface area contributed by atoms with Gasteiger partial charge in [-0.25, -0.2) is 9.97 Å². The molecule has 1 aromatic heterocycles. The summed E-state index contributed by atoms with van der Waals surface area (Å²) in [7, 11) is 0. The van der Waals surface area contributed by atoms with Crippen molar-refractivity contribution in [2.45, 2.75) is 26.7 Å². The van der Waals surface area contributed by atoms with Gasteiger partial charge in [0.25, 0.3) is 0 Å². The van der Waals surface area contributed by atoms with Gasteiger partial charge < -0.3 is 26.0 Å². The van der Waals surface area contributed by atoms with Crippen LogP contribution in [0.2, 0.25) is 0 Å². The van der Waals surface area contributed by atoms with Crippen molar-refractivity contribution < 1.29 is 9.90 Å². The van der Waals surface area contributed by atoms with Crippen molar-refractivity contribution in [3.05, 3.63) is 47.5 Å². The SMILES string of the molecule is CC(C)C1=C(O)CCc2cnc(Nc3ccc(N4CCN(C(=O)CN)CC4)cc3)nc21. The lowest BCUT2D eigenvalue weighted by Gasteiger charge is -2.36. The van der Waals surface area contributed by atoms with Crippen molar-refractivity contribution in [3.8, 4) is 0 Å². The first kappa shape index (κ1) is 21.1. The third kappa shape index (κ3) is 4.49. The van der Waals surface area contributed by atoms with Gasteiger partial charge in [0.2, 0.25) is 11.9 Å².